The SMILES string of the molecule is CCSC(C)(C)CCl. The Morgan fingerprint density at radius 2 is 2.00 bits per heavy atom. The van der Waals surface area contributed by atoms with Crippen LogP contribution in [0, 0.1) is 0 Å². The molecule has 50 valence electrons. The fourth-order valence-corrected chi connectivity index (χ4v) is 1.52. The monoisotopic (exact) mass is 152 g/mol. The van der Waals surface area contributed by atoms with Crippen LogP contribution in [0.15, 0.2) is 0 Å². The van der Waals surface area contributed by atoms with E-state index >= 15 is 0 Å². The molecule has 0 N–H and O–H groups in total. The molecular weight excluding hydrogens is 140 g/mol. The maximum absolute atomic E-state index is 5.65. The van der Waals surface area contributed by atoms with Crippen LogP contribution in [0.1, 0.15) is 20.8 Å². The molecule has 0 aromatic heterocycles. The molecule has 0 radical (unpaired) electrons. The Hall–Kier alpha value is 0.640. The molecule has 0 amide bonds. The van der Waals surface area contributed by atoms with E-state index in [1.54, 1.807) is 0 Å². The van der Waals surface area contributed by atoms with Crippen molar-refractivity contribution in [3.63, 3.8) is 0 Å². The average molecular weight is 153 g/mol. The lowest BCUT2D eigenvalue weighted by Gasteiger charge is -2.18. The molecule has 0 saturated carbocycles. The molecule has 0 atom stereocenters. The second-order valence-electron chi connectivity index (χ2n) is 2.33. The highest BCUT2D eigenvalue weighted by Gasteiger charge is 2.14. The molecular formula is C6H13ClS. The largest absolute Gasteiger partial charge is 0.155 e. The maximum Gasteiger partial charge on any atom is 0.0365 e. The molecule has 0 unspecified atom stereocenters. The van der Waals surface area contributed by atoms with Crippen LogP contribution in [0.25, 0.3) is 0 Å². The number of thioether (sulfide) groups is 1. The van der Waals surface area contributed by atoms with Crippen molar-refractivity contribution in [3.8, 4) is 0 Å². The van der Waals surface area contributed by atoms with Gasteiger partial charge in [-0.05, 0) is 19.6 Å². The zero-order valence-corrected chi connectivity index (χ0v) is 7.27. The van der Waals surface area contributed by atoms with Crippen molar-refractivity contribution in [1.29, 1.82) is 0 Å². The van der Waals surface area contributed by atoms with Crippen molar-refractivity contribution >= 4 is 23.4 Å². The maximum atomic E-state index is 5.65. The predicted octanol–water partition coefficient (Wildman–Crippen LogP) is 2.76. The minimum absolute atomic E-state index is 0.274. The van der Waals surface area contributed by atoms with Crippen molar-refractivity contribution in [1.82, 2.24) is 0 Å². The molecule has 0 aromatic carbocycles. The quantitative estimate of drug-likeness (QED) is 0.561. The minimum Gasteiger partial charge on any atom is -0.155 e. The van der Waals surface area contributed by atoms with E-state index < -0.39 is 0 Å². The Morgan fingerprint density at radius 1 is 1.50 bits per heavy atom. The van der Waals surface area contributed by atoms with Gasteiger partial charge in [-0.1, -0.05) is 6.92 Å². The lowest BCUT2D eigenvalue weighted by Crippen LogP contribution is -2.16. The number of halogens is 1. The summed E-state index contributed by atoms with van der Waals surface area (Å²) in [5.41, 5.74) is 0. The molecule has 0 aliphatic carbocycles. The van der Waals surface area contributed by atoms with Crippen molar-refractivity contribution in [2.45, 2.75) is 25.5 Å². The van der Waals surface area contributed by atoms with Gasteiger partial charge < -0.3 is 0 Å². The molecule has 0 aliphatic rings. The first-order valence-corrected chi connectivity index (χ1v) is 4.34. The fourth-order valence-electron chi connectivity index (χ4n) is 0.429. The average Bonchev–Trinajstić information content (AvgIpc) is 1.67. The molecule has 0 aliphatic heterocycles. The van der Waals surface area contributed by atoms with Gasteiger partial charge in [-0.15, -0.1) is 11.6 Å². The van der Waals surface area contributed by atoms with Crippen molar-refractivity contribution in [2.24, 2.45) is 0 Å². The van der Waals surface area contributed by atoms with Gasteiger partial charge in [0.1, 0.15) is 0 Å². The minimum atomic E-state index is 0.274. The van der Waals surface area contributed by atoms with Crippen LogP contribution in [0.5, 0.6) is 0 Å². The Kier molecular flexibility index (Phi) is 3.91. The van der Waals surface area contributed by atoms with E-state index in [4.69, 9.17) is 11.6 Å². The Labute approximate surface area is 61.0 Å². The van der Waals surface area contributed by atoms with Gasteiger partial charge in [0.05, 0.1) is 0 Å². The number of hydrogen-bond donors (Lipinski definition) is 0. The van der Waals surface area contributed by atoms with Crippen molar-refractivity contribution < 1.29 is 0 Å². The molecule has 0 aromatic rings. The van der Waals surface area contributed by atoms with Crippen LogP contribution in [-0.2, 0) is 0 Å². The Bertz CT molecular complexity index is 61.5. The first-order valence-electron chi connectivity index (χ1n) is 2.82. The molecule has 0 nitrogen and oxygen atoms in total. The molecule has 2 heteroatoms. The smallest absolute Gasteiger partial charge is 0.0365 e. The number of alkyl halides is 1. The van der Waals surface area contributed by atoms with E-state index in [-0.39, 0.29) is 4.75 Å². The van der Waals surface area contributed by atoms with Gasteiger partial charge >= 0.3 is 0 Å². The van der Waals surface area contributed by atoms with E-state index in [0.717, 1.165) is 11.6 Å². The molecule has 0 heterocycles. The summed E-state index contributed by atoms with van der Waals surface area (Å²) in [6.07, 6.45) is 0. The van der Waals surface area contributed by atoms with Crippen LogP contribution >= 0.6 is 23.4 Å². The predicted molar refractivity (Wildman–Crippen MR) is 42.9 cm³/mol. The summed E-state index contributed by atoms with van der Waals surface area (Å²) >= 11 is 7.55. The fraction of sp³-hybridized carbons (Fsp3) is 1.00. The van der Waals surface area contributed by atoms with Gasteiger partial charge in [0.25, 0.3) is 0 Å². The zero-order chi connectivity index (χ0) is 6.62. The van der Waals surface area contributed by atoms with Gasteiger partial charge in [-0.25, -0.2) is 0 Å². The van der Waals surface area contributed by atoms with Crippen molar-refractivity contribution in [2.75, 3.05) is 11.6 Å². The molecule has 8 heavy (non-hydrogen) atoms. The van der Waals surface area contributed by atoms with Crippen LogP contribution in [0.3, 0.4) is 0 Å². The summed E-state index contributed by atoms with van der Waals surface area (Å²) in [6.45, 7) is 6.47. The van der Waals surface area contributed by atoms with Crippen LogP contribution < -0.4 is 0 Å². The topological polar surface area (TPSA) is 0 Å². The summed E-state index contributed by atoms with van der Waals surface area (Å²) in [7, 11) is 0. The van der Waals surface area contributed by atoms with Gasteiger partial charge in [0.2, 0.25) is 0 Å². The van der Waals surface area contributed by atoms with E-state index in [0.29, 0.717) is 0 Å². The first kappa shape index (κ1) is 8.64. The Morgan fingerprint density at radius 3 is 2.12 bits per heavy atom. The second kappa shape index (κ2) is 3.62. The van der Waals surface area contributed by atoms with Crippen molar-refractivity contribution in [3.05, 3.63) is 0 Å². The molecule has 0 rings (SSSR count). The van der Waals surface area contributed by atoms with Gasteiger partial charge in [-0.2, -0.15) is 11.8 Å². The van der Waals surface area contributed by atoms with E-state index in [9.17, 15) is 0 Å². The standard InChI is InChI=1S/C6H13ClS/c1-4-8-6(2,3)5-7/h4-5H2,1-3H3. The summed E-state index contributed by atoms with van der Waals surface area (Å²) < 4.78 is 0.274. The van der Waals surface area contributed by atoms with Gasteiger partial charge in [0.15, 0.2) is 0 Å². The van der Waals surface area contributed by atoms with E-state index in [2.05, 4.69) is 20.8 Å². The summed E-state index contributed by atoms with van der Waals surface area (Å²) in [6, 6.07) is 0. The lowest BCUT2D eigenvalue weighted by atomic mass is 10.2. The normalized spacial score (nSPS) is 12.0. The number of hydrogen-bond acceptors (Lipinski definition) is 1. The van der Waals surface area contributed by atoms with Gasteiger partial charge in [0, 0.05) is 10.6 Å². The number of rotatable bonds is 3. The third kappa shape index (κ3) is 3.62. The highest BCUT2D eigenvalue weighted by Crippen LogP contribution is 2.24. The third-order valence-corrected chi connectivity index (χ3v) is 2.90. The second-order valence-corrected chi connectivity index (χ2v) is 4.56. The third-order valence-electron chi connectivity index (χ3n) is 0.857. The van der Waals surface area contributed by atoms with E-state index in [1.165, 1.54) is 0 Å². The molecule has 0 fully saturated rings. The summed E-state index contributed by atoms with van der Waals surface area (Å²) in [4.78, 5) is 0. The lowest BCUT2D eigenvalue weighted by molar-refractivity contribution is 0.812. The van der Waals surface area contributed by atoms with Crippen LogP contribution in [-0.4, -0.2) is 16.4 Å². The summed E-state index contributed by atoms with van der Waals surface area (Å²) in [5, 5.41) is 0. The molecule has 0 spiro atoms. The van der Waals surface area contributed by atoms with E-state index in [1.807, 2.05) is 11.8 Å². The highest BCUT2D eigenvalue weighted by molar-refractivity contribution is 8.00. The molecule has 0 bridgehead atoms. The first-order chi connectivity index (χ1) is 3.62. The Balaban J connectivity index is 3.37. The van der Waals surface area contributed by atoms with Crippen LogP contribution in [0.2, 0.25) is 0 Å². The highest BCUT2D eigenvalue weighted by atomic mass is 35.5. The summed E-state index contributed by atoms with van der Waals surface area (Å²) in [5.74, 6) is 1.89. The van der Waals surface area contributed by atoms with Crippen LogP contribution in [0.4, 0.5) is 0 Å². The van der Waals surface area contributed by atoms with Gasteiger partial charge in [-0.3, -0.25) is 0 Å². The molecule has 0 saturated heterocycles. The zero-order valence-electron chi connectivity index (χ0n) is 5.70.